The second kappa shape index (κ2) is 22.7. The monoisotopic (exact) mass is 925 g/mol. The van der Waals surface area contributed by atoms with E-state index in [9.17, 15) is 24.9 Å². The molecule has 0 radical (unpaired) electrons. The third kappa shape index (κ3) is 12.0. The Balaban J connectivity index is 2.17. The van der Waals surface area contributed by atoms with Crippen molar-refractivity contribution in [1.29, 1.82) is 0 Å². The normalized spacial score (nSPS) is 19.9. The smallest absolute Gasteiger partial charge is 0.320 e. The summed E-state index contributed by atoms with van der Waals surface area (Å²) in [6.07, 6.45) is -1.12. The molecule has 0 saturated carbocycles. The molecule has 1 aliphatic rings. The number of ether oxygens (including phenoxy) is 2. The molecule has 17 heteroatoms. The van der Waals surface area contributed by atoms with Gasteiger partial charge in [-0.25, -0.2) is 0 Å². The Morgan fingerprint density at radius 1 is 0.898 bits per heavy atom. The molecular formula is C42H72BrN5O9Si2. The summed E-state index contributed by atoms with van der Waals surface area (Å²) in [5.74, 6) is -1.08. The molecule has 0 aliphatic carbocycles. The number of aliphatic carboxylic acids is 1. The van der Waals surface area contributed by atoms with Crippen molar-refractivity contribution in [3.05, 3.63) is 52.2 Å². The number of carboxylic acids is 1. The average Bonchev–Trinajstić information content (AvgIpc) is 3.48. The van der Waals surface area contributed by atoms with Crippen molar-refractivity contribution >= 4 is 50.3 Å². The summed E-state index contributed by atoms with van der Waals surface area (Å²) in [6.45, 7) is 25.9. The van der Waals surface area contributed by atoms with Gasteiger partial charge in [0.2, 0.25) is 22.3 Å². The highest BCUT2D eigenvalue weighted by atomic mass is 79.9. The molecule has 5 atom stereocenters. The van der Waals surface area contributed by atoms with E-state index in [-0.39, 0.29) is 54.6 Å². The van der Waals surface area contributed by atoms with Crippen LogP contribution in [-0.2, 0) is 23.1 Å². The topological polar surface area (TPSA) is 191 Å². The number of rotatable bonds is 23. The first-order chi connectivity index (χ1) is 27.7. The van der Waals surface area contributed by atoms with Gasteiger partial charge < -0.3 is 39.4 Å². The fourth-order valence-electron chi connectivity index (χ4n) is 9.30. The van der Waals surface area contributed by atoms with Crippen molar-refractivity contribution in [2.24, 2.45) is 10.7 Å². The van der Waals surface area contributed by atoms with Crippen LogP contribution in [0, 0.1) is 0 Å². The van der Waals surface area contributed by atoms with Gasteiger partial charge in [0, 0.05) is 22.8 Å². The van der Waals surface area contributed by atoms with Crippen LogP contribution in [0.5, 0.6) is 0 Å². The largest absolute Gasteiger partial charge is 0.480 e. The number of nitrogens with zero attached hydrogens (tertiary/aromatic N) is 4. The number of halogens is 1. The number of nitrogens with two attached hydrogens (primary N) is 1. The molecule has 1 aliphatic heterocycles. The van der Waals surface area contributed by atoms with Crippen LogP contribution in [0.4, 0.5) is 5.82 Å². The molecule has 0 unspecified atom stereocenters. The summed E-state index contributed by atoms with van der Waals surface area (Å²) < 4.78 is 28.8. The second-order valence-electron chi connectivity index (χ2n) is 17.6. The van der Waals surface area contributed by atoms with Gasteiger partial charge in [-0.05, 0) is 82.8 Å². The van der Waals surface area contributed by atoms with Crippen molar-refractivity contribution in [3.8, 4) is 0 Å². The van der Waals surface area contributed by atoms with E-state index < -0.39 is 59.8 Å². The first-order valence-electron chi connectivity index (χ1n) is 21.2. The van der Waals surface area contributed by atoms with Gasteiger partial charge in [0.25, 0.3) is 5.91 Å². The lowest BCUT2D eigenvalue weighted by atomic mass is 10.1. The van der Waals surface area contributed by atoms with Crippen molar-refractivity contribution in [2.45, 2.75) is 166 Å². The molecule has 1 fully saturated rings. The maximum Gasteiger partial charge on any atom is 0.320 e. The third-order valence-corrected chi connectivity index (χ3v) is 24.7. The van der Waals surface area contributed by atoms with Gasteiger partial charge >= 0.3 is 5.97 Å². The van der Waals surface area contributed by atoms with Crippen LogP contribution in [-0.4, -0.2) is 104 Å². The molecular weight excluding hydrogens is 855 g/mol. The number of hydrogen-bond acceptors (Lipinski definition) is 11. The van der Waals surface area contributed by atoms with Gasteiger partial charge in [-0.15, -0.1) is 0 Å². The molecule has 59 heavy (non-hydrogen) atoms. The number of amides is 1. The van der Waals surface area contributed by atoms with Crippen LogP contribution >= 0.6 is 15.9 Å². The van der Waals surface area contributed by atoms with Crippen LogP contribution in [0.3, 0.4) is 0 Å². The first kappa shape index (κ1) is 51.0. The molecule has 2 aromatic rings. The number of carbonyl (C=O) groups excluding carboxylic acids is 1. The minimum atomic E-state index is -2.46. The van der Waals surface area contributed by atoms with Gasteiger partial charge in [-0.2, -0.15) is 4.98 Å². The number of aliphatic hydroxyl groups excluding tert-OH is 2. The molecule has 1 aromatic carbocycles. The van der Waals surface area contributed by atoms with Crippen LogP contribution < -0.4 is 16.3 Å². The molecule has 1 aromatic heterocycles. The second-order valence-corrected chi connectivity index (χ2v) is 29.4. The Kier molecular flexibility index (Phi) is 19.6. The Morgan fingerprint density at radius 2 is 1.44 bits per heavy atom. The van der Waals surface area contributed by atoms with Crippen LogP contribution in [0.2, 0.25) is 33.2 Å². The molecule has 0 bridgehead atoms. The van der Waals surface area contributed by atoms with Gasteiger partial charge in [-0.1, -0.05) is 99.0 Å². The van der Waals surface area contributed by atoms with Gasteiger partial charge in [0.05, 0.1) is 6.61 Å². The first-order valence-corrected chi connectivity index (χ1v) is 26.2. The lowest BCUT2D eigenvalue weighted by Gasteiger charge is -2.43. The molecule has 2 heterocycles. The highest BCUT2D eigenvalue weighted by Gasteiger charge is 2.49. The molecule has 0 spiro atoms. The Hall–Kier alpha value is -2.33. The van der Waals surface area contributed by atoms with Crippen LogP contribution in [0.25, 0.3) is 0 Å². The van der Waals surface area contributed by atoms with E-state index in [1.807, 2.05) is 12.1 Å². The molecule has 14 nitrogen and oxygen atoms in total. The van der Waals surface area contributed by atoms with Gasteiger partial charge in [0.15, 0.2) is 6.23 Å². The van der Waals surface area contributed by atoms with Crippen molar-refractivity contribution in [3.63, 3.8) is 0 Å². The SMILES string of the molecule is CC(C)[Si](OCO[C@@H]1[C@H](O)[C@@H](CO)O[C@H]1n1ccc(N(CO[Si](C(C)C)(C(C)C)C(C)C)C(=O)c2ccc(Br)cc2)nc1=NCCCC[C@H](N)C(=O)O)(C(C)C)C(C)C. The number of hydrogen-bond donors (Lipinski definition) is 4. The summed E-state index contributed by atoms with van der Waals surface area (Å²) in [7, 11) is -4.79. The quantitative estimate of drug-likeness (QED) is 0.0485. The maximum absolute atomic E-state index is 14.5. The number of anilines is 1. The van der Waals surface area contributed by atoms with E-state index in [4.69, 9.17) is 34.0 Å². The minimum absolute atomic E-state index is 0.0410. The van der Waals surface area contributed by atoms with Crippen molar-refractivity contribution < 1.29 is 43.2 Å². The average molecular weight is 927 g/mol. The molecule has 1 saturated heterocycles. The zero-order chi connectivity index (χ0) is 44.4. The predicted molar refractivity (Wildman–Crippen MR) is 239 cm³/mol. The number of benzene rings is 1. The Labute approximate surface area is 362 Å². The van der Waals surface area contributed by atoms with Gasteiger partial charge in [0.1, 0.15) is 43.7 Å². The Bertz CT molecular complexity index is 1670. The number of unbranched alkanes of at least 4 members (excludes halogenated alkanes) is 1. The lowest BCUT2D eigenvalue weighted by Crippen LogP contribution is -2.51. The zero-order valence-electron chi connectivity index (χ0n) is 37.3. The highest BCUT2D eigenvalue weighted by Crippen LogP contribution is 2.44. The number of aliphatic hydroxyl groups is 2. The molecule has 334 valence electrons. The van der Waals surface area contributed by atoms with Crippen molar-refractivity contribution in [1.82, 2.24) is 9.55 Å². The van der Waals surface area contributed by atoms with Crippen molar-refractivity contribution in [2.75, 3.05) is 31.6 Å². The number of carboxylic acid groups (broad SMARTS) is 1. The lowest BCUT2D eigenvalue weighted by molar-refractivity contribution is -0.138. The predicted octanol–water partition coefficient (Wildman–Crippen LogP) is 7.71. The molecule has 1 amide bonds. The summed E-state index contributed by atoms with van der Waals surface area (Å²) in [4.78, 5) is 37.2. The number of carbonyl (C=O) groups is 2. The molecule has 3 rings (SSSR count). The fourth-order valence-corrected chi connectivity index (χ4v) is 20.2. The van der Waals surface area contributed by atoms with E-state index in [0.717, 1.165) is 4.47 Å². The third-order valence-electron chi connectivity index (χ3n) is 12.1. The van der Waals surface area contributed by atoms with E-state index in [0.29, 0.717) is 40.8 Å². The molecule has 5 N–H and O–H groups in total. The summed E-state index contributed by atoms with van der Waals surface area (Å²) >= 11 is 3.47. The van der Waals surface area contributed by atoms with Crippen LogP contribution in [0.1, 0.15) is 119 Å². The summed E-state index contributed by atoms with van der Waals surface area (Å²) in [5, 5.41) is 31.0. The number of aromatic nitrogens is 2. The minimum Gasteiger partial charge on any atom is -0.480 e. The maximum atomic E-state index is 14.5. The fraction of sp³-hybridized carbons (Fsp3) is 0.714. The summed E-state index contributed by atoms with van der Waals surface area (Å²) in [6, 6.07) is 7.83. The van der Waals surface area contributed by atoms with E-state index in [1.54, 1.807) is 29.0 Å². The van der Waals surface area contributed by atoms with E-state index >= 15 is 0 Å². The van der Waals surface area contributed by atoms with Gasteiger partial charge in [-0.3, -0.25) is 24.0 Å². The van der Waals surface area contributed by atoms with Crippen LogP contribution in [0.15, 0.2) is 46.0 Å². The van der Waals surface area contributed by atoms with E-state index in [2.05, 4.69) is 99.0 Å². The standard InChI is InChI=1S/C42H72BrN5O9Si2/c1-26(2)58(27(3)4,28(5)6)55-24-48(39(51)32-16-18-33(43)19-17-32)36-20-22-47(42(46-36)45-21-14-13-15-34(44)41(52)53)40-38(37(50)35(23-49)57-40)54-25-56-59(29(7)8,30(9)10)31(11)12/h16-20,22,26-31,34-35,37-38,40,49-50H,13-15,21,23-25,44H2,1-12H3,(H,52,53)/t34-,35+,37+,38+,40+/m0/s1. The Morgan fingerprint density at radius 3 is 1.95 bits per heavy atom. The highest BCUT2D eigenvalue weighted by molar-refractivity contribution is 9.10. The van der Waals surface area contributed by atoms with E-state index in [1.165, 1.54) is 4.90 Å². The zero-order valence-corrected chi connectivity index (χ0v) is 40.9. The summed E-state index contributed by atoms with van der Waals surface area (Å²) in [5.41, 5.74) is 8.09.